The molecule has 0 fully saturated rings. The van der Waals surface area contributed by atoms with Gasteiger partial charge >= 0.3 is 21.1 Å². The van der Waals surface area contributed by atoms with E-state index >= 15 is 0 Å². The molecule has 8 aromatic carbocycles. The summed E-state index contributed by atoms with van der Waals surface area (Å²) in [7, 11) is 0. The minimum Gasteiger partial charge on any atom is -0.480 e. The Labute approximate surface area is 338 Å². The van der Waals surface area contributed by atoms with Crippen LogP contribution in [0, 0.1) is 25.5 Å². The zero-order chi connectivity index (χ0) is 36.1. The van der Waals surface area contributed by atoms with Gasteiger partial charge in [0.25, 0.3) is 0 Å². The molecule has 55 heavy (non-hydrogen) atoms. The number of benzene rings is 8. The van der Waals surface area contributed by atoms with Crippen LogP contribution >= 0.6 is 0 Å². The molecule has 10 rings (SSSR count). The largest absolute Gasteiger partial charge is 4.00 e. The topological polar surface area (TPSA) is 13.0 Å². The second-order valence-electron chi connectivity index (χ2n) is 12.9. The van der Waals surface area contributed by atoms with Crippen LogP contribution < -0.4 is 19.6 Å². The predicted octanol–water partition coefficient (Wildman–Crippen LogP) is 13.1. The summed E-state index contributed by atoms with van der Waals surface area (Å²) in [4.78, 5) is 9.00. The van der Waals surface area contributed by atoms with Gasteiger partial charge in [0.1, 0.15) is 0 Å². The van der Waals surface area contributed by atoms with Gasteiger partial charge in [-0.05, 0) is 72.0 Å². The number of fused-ring (bicyclic) bond motifs is 2. The van der Waals surface area contributed by atoms with Crippen molar-refractivity contribution in [1.29, 1.82) is 0 Å². The normalized spacial score (nSPS) is 12.7. The van der Waals surface area contributed by atoms with Crippen molar-refractivity contribution in [2.75, 3.05) is 19.6 Å². The molecule has 0 saturated carbocycles. The Morgan fingerprint density at radius 2 is 0.600 bits per heavy atom. The average molecular weight is 888 g/mol. The summed E-state index contributed by atoms with van der Waals surface area (Å²) in [6.07, 6.45) is 0. The molecular formula is C50H36N4Pt. The summed E-state index contributed by atoms with van der Waals surface area (Å²) >= 11 is 0. The minimum absolute atomic E-state index is 0. The SMILES string of the molecule is [Pt+4].[c-]1ccccc1-c1ccccc1N1[CH-]N(c2ccccc2)c2ccccc21.[c-]1ccccc1-c1ccccc1N1[CH-]N(c2ccccc2)c2ccccc21. The molecule has 2 aliphatic heterocycles. The predicted molar refractivity (Wildman–Crippen MR) is 224 cm³/mol. The van der Waals surface area contributed by atoms with E-state index in [9.17, 15) is 0 Å². The van der Waals surface area contributed by atoms with Crippen LogP contribution in [0.25, 0.3) is 22.3 Å². The van der Waals surface area contributed by atoms with Crippen LogP contribution in [0.2, 0.25) is 0 Å². The van der Waals surface area contributed by atoms with E-state index in [-0.39, 0.29) is 21.1 Å². The van der Waals surface area contributed by atoms with E-state index in [2.05, 4.69) is 215 Å². The van der Waals surface area contributed by atoms with Crippen molar-refractivity contribution in [1.82, 2.24) is 0 Å². The van der Waals surface area contributed by atoms with Crippen molar-refractivity contribution < 1.29 is 21.1 Å². The third-order valence-electron chi connectivity index (χ3n) is 9.66. The first-order valence-electron chi connectivity index (χ1n) is 18.1. The van der Waals surface area contributed by atoms with Crippen LogP contribution in [0.3, 0.4) is 0 Å². The number of hydrogen-bond acceptors (Lipinski definition) is 4. The van der Waals surface area contributed by atoms with Crippen LogP contribution in [-0.2, 0) is 21.1 Å². The number of para-hydroxylation sites is 8. The molecule has 0 N–H and O–H groups in total. The molecule has 5 heteroatoms. The quantitative estimate of drug-likeness (QED) is 0.154. The van der Waals surface area contributed by atoms with Gasteiger partial charge in [-0.3, -0.25) is 0 Å². The van der Waals surface area contributed by atoms with Crippen molar-refractivity contribution in [3.63, 3.8) is 0 Å². The molecule has 0 aliphatic carbocycles. The summed E-state index contributed by atoms with van der Waals surface area (Å²) in [5, 5.41) is 0. The first kappa shape index (κ1) is 35.7. The zero-order valence-corrected chi connectivity index (χ0v) is 32.2. The maximum atomic E-state index is 3.36. The summed E-state index contributed by atoms with van der Waals surface area (Å²) < 4.78 is 0. The molecule has 0 bridgehead atoms. The van der Waals surface area contributed by atoms with Crippen LogP contribution in [0.5, 0.6) is 0 Å². The maximum absolute atomic E-state index is 3.36. The van der Waals surface area contributed by atoms with E-state index < -0.39 is 0 Å². The van der Waals surface area contributed by atoms with Gasteiger partial charge in [0, 0.05) is 34.1 Å². The Morgan fingerprint density at radius 1 is 0.291 bits per heavy atom. The number of anilines is 8. The Hall–Kier alpha value is -6.35. The van der Waals surface area contributed by atoms with Crippen molar-refractivity contribution in [2.24, 2.45) is 0 Å². The fourth-order valence-corrected chi connectivity index (χ4v) is 7.14. The van der Waals surface area contributed by atoms with E-state index in [0.29, 0.717) is 0 Å². The van der Waals surface area contributed by atoms with Crippen molar-refractivity contribution in [2.45, 2.75) is 0 Å². The molecule has 2 aliphatic rings. The van der Waals surface area contributed by atoms with E-state index in [4.69, 9.17) is 0 Å². The second kappa shape index (κ2) is 16.3. The first-order chi connectivity index (χ1) is 26.8. The van der Waals surface area contributed by atoms with Gasteiger partial charge in [-0.15, -0.1) is 85.1 Å². The smallest absolute Gasteiger partial charge is 0.480 e. The molecule has 0 aromatic heterocycles. The monoisotopic (exact) mass is 887 g/mol. The summed E-state index contributed by atoms with van der Waals surface area (Å²) in [6, 6.07) is 77.9. The molecule has 4 nitrogen and oxygen atoms in total. The number of hydrogen-bond donors (Lipinski definition) is 0. The molecule has 0 spiro atoms. The standard InChI is InChI=1S/2C25H18N2.Pt/c2*1-3-11-20(12-4-1)22-15-7-8-16-23(22)27-19-26(21-13-5-2-6-14-21)24-17-9-10-18-25(24)27;/h2*1-11,13-19H;/q2*-2;+4. The van der Waals surface area contributed by atoms with Gasteiger partial charge in [0.15, 0.2) is 0 Å². The zero-order valence-electron chi connectivity index (χ0n) is 29.9. The van der Waals surface area contributed by atoms with Crippen molar-refractivity contribution in [3.05, 3.63) is 232 Å². The van der Waals surface area contributed by atoms with E-state index in [1.165, 1.54) is 33.9 Å². The van der Waals surface area contributed by atoms with Crippen LogP contribution in [-0.4, -0.2) is 0 Å². The maximum Gasteiger partial charge on any atom is 4.00 e. The second-order valence-corrected chi connectivity index (χ2v) is 12.9. The van der Waals surface area contributed by atoms with E-state index in [1.54, 1.807) is 0 Å². The van der Waals surface area contributed by atoms with Gasteiger partial charge in [0.2, 0.25) is 0 Å². The van der Waals surface area contributed by atoms with Crippen molar-refractivity contribution >= 4 is 45.5 Å². The fraction of sp³-hybridized carbons (Fsp3) is 0. The first-order valence-corrected chi connectivity index (χ1v) is 18.1. The number of nitrogens with zero attached hydrogens (tertiary/aromatic N) is 4. The minimum atomic E-state index is 0. The summed E-state index contributed by atoms with van der Waals surface area (Å²) in [6.45, 7) is 4.34. The Bertz CT molecular complexity index is 2300. The third-order valence-corrected chi connectivity index (χ3v) is 9.66. The number of rotatable bonds is 6. The fourth-order valence-electron chi connectivity index (χ4n) is 7.14. The van der Waals surface area contributed by atoms with Crippen LogP contribution in [0.15, 0.2) is 206 Å². The molecule has 0 unspecified atom stereocenters. The Balaban J connectivity index is 0.000000153. The van der Waals surface area contributed by atoms with E-state index in [1.807, 2.05) is 36.4 Å². The van der Waals surface area contributed by atoms with Gasteiger partial charge in [-0.1, -0.05) is 108 Å². The third kappa shape index (κ3) is 7.17. The molecule has 266 valence electrons. The van der Waals surface area contributed by atoms with Gasteiger partial charge in [-0.25, -0.2) is 0 Å². The average Bonchev–Trinajstić information content (AvgIpc) is 3.85. The Kier molecular flexibility index (Phi) is 10.6. The molecule has 2 heterocycles. The molecular weight excluding hydrogens is 852 g/mol. The van der Waals surface area contributed by atoms with Gasteiger partial charge in [-0.2, -0.15) is 0 Å². The van der Waals surface area contributed by atoms with Crippen molar-refractivity contribution in [3.8, 4) is 22.3 Å². The summed E-state index contributed by atoms with van der Waals surface area (Å²) in [5.41, 5.74) is 13.8. The molecule has 0 saturated heterocycles. The molecule has 0 radical (unpaired) electrons. The Morgan fingerprint density at radius 3 is 0.964 bits per heavy atom. The van der Waals surface area contributed by atoms with Gasteiger partial charge < -0.3 is 19.6 Å². The molecule has 8 aromatic rings. The molecule has 0 atom stereocenters. The summed E-state index contributed by atoms with van der Waals surface area (Å²) in [5.74, 6) is 0. The van der Waals surface area contributed by atoms with Gasteiger partial charge in [0.05, 0.1) is 0 Å². The van der Waals surface area contributed by atoms with E-state index in [0.717, 1.165) is 33.9 Å². The molecule has 0 amide bonds. The van der Waals surface area contributed by atoms with Crippen LogP contribution in [0.4, 0.5) is 45.5 Å². The van der Waals surface area contributed by atoms with Crippen LogP contribution in [0.1, 0.15) is 0 Å².